The molecule has 0 unspecified atom stereocenters. The van der Waals surface area contributed by atoms with Crippen molar-refractivity contribution in [2.75, 3.05) is 0 Å². The molecule has 7 heteroatoms. The fraction of sp³-hybridized carbons (Fsp3) is 0. The first-order chi connectivity index (χ1) is 9.52. The molecule has 0 saturated carbocycles. The van der Waals surface area contributed by atoms with Gasteiger partial charge in [0.25, 0.3) is 0 Å². The monoisotopic (exact) mass is 399 g/mol. The highest BCUT2D eigenvalue weighted by Crippen LogP contribution is 2.38. The number of nitro groups is 1. The molecule has 0 atom stereocenters. The highest BCUT2D eigenvalue weighted by Gasteiger charge is 2.18. The van der Waals surface area contributed by atoms with Crippen molar-refractivity contribution in [2.45, 2.75) is 0 Å². The molecule has 0 heterocycles. The average molecular weight is 401 g/mol. The zero-order valence-electron chi connectivity index (χ0n) is 9.88. The van der Waals surface area contributed by atoms with Gasteiger partial charge in [0.15, 0.2) is 6.29 Å². The third-order valence-corrected chi connectivity index (χ3v) is 3.77. The SMILES string of the molecule is O=Cc1ccc(Oc2c(Br)cccc2[N+](=O)[O-])cc1Br. The Bertz CT molecular complexity index is 688. The van der Waals surface area contributed by atoms with Crippen LogP contribution in [-0.2, 0) is 0 Å². The van der Waals surface area contributed by atoms with Gasteiger partial charge in [-0.15, -0.1) is 0 Å². The number of halogens is 2. The van der Waals surface area contributed by atoms with E-state index in [1.807, 2.05) is 0 Å². The van der Waals surface area contributed by atoms with Gasteiger partial charge in [-0.2, -0.15) is 0 Å². The minimum absolute atomic E-state index is 0.114. The Balaban J connectivity index is 2.42. The largest absolute Gasteiger partial charge is 0.449 e. The summed E-state index contributed by atoms with van der Waals surface area (Å²) < 4.78 is 6.58. The lowest BCUT2D eigenvalue weighted by atomic mass is 10.2. The molecule has 0 N–H and O–H groups in total. The van der Waals surface area contributed by atoms with Crippen LogP contribution < -0.4 is 4.74 Å². The van der Waals surface area contributed by atoms with E-state index >= 15 is 0 Å². The van der Waals surface area contributed by atoms with E-state index < -0.39 is 4.92 Å². The normalized spacial score (nSPS) is 10.1. The summed E-state index contributed by atoms with van der Waals surface area (Å²) in [6.45, 7) is 0. The second kappa shape index (κ2) is 6.15. The number of rotatable bonds is 4. The summed E-state index contributed by atoms with van der Waals surface area (Å²) in [5, 5.41) is 11.0. The molecule has 2 rings (SSSR count). The number of carbonyl (C=O) groups is 1. The molecule has 0 aliphatic heterocycles. The fourth-order valence-electron chi connectivity index (χ4n) is 1.53. The molecule has 0 saturated heterocycles. The topological polar surface area (TPSA) is 69.4 Å². The van der Waals surface area contributed by atoms with Crippen molar-refractivity contribution in [1.29, 1.82) is 0 Å². The number of ether oxygens (including phenoxy) is 1. The van der Waals surface area contributed by atoms with Crippen LogP contribution in [0.3, 0.4) is 0 Å². The number of hydrogen-bond acceptors (Lipinski definition) is 4. The second-order valence-corrected chi connectivity index (χ2v) is 5.46. The van der Waals surface area contributed by atoms with E-state index in [0.29, 0.717) is 26.5 Å². The molecule has 5 nitrogen and oxygen atoms in total. The highest BCUT2D eigenvalue weighted by atomic mass is 79.9. The summed E-state index contributed by atoms with van der Waals surface area (Å²) in [6.07, 6.45) is 0.703. The van der Waals surface area contributed by atoms with Crippen molar-refractivity contribution >= 4 is 43.8 Å². The zero-order chi connectivity index (χ0) is 14.7. The lowest BCUT2D eigenvalue weighted by Crippen LogP contribution is -1.94. The Morgan fingerprint density at radius 3 is 2.50 bits per heavy atom. The quantitative estimate of drug-likeness (QED) is 0.422. The van der Waals surface area contributed by atoms with Crippen molar-refractivity contribution in [3.63, 3.8) is 0 Å². The molecule has 0 amide bonds. The van der Waals surface area contributed by atoms with Gasteiger partial charge in [-0.1, -0.05) is 6.07 Å². The van der Waals surface area contributed by atoms with Crippen LogP contribution in [0.1, 0.15) is 10.4 Å². The first-order valence-corrected chi connectivity index (χ1v) is 6.97. The third-order valence-electron chi connectivity index (χ3n) is 2.46. The minimum Gasteiger partial charge on any atom is -0.449 e. The van der Waals surface area contributed by atoms with Crippen molar-refractivity contribution in [3.05, 3.63) is 61.0 Å². The van der Waals surface area contributed by atoms with Gasteiger partial charge in [-0.25, -0.2) is 0 Å². The Hall–Kier alpha value is -1.73. The molecular formula is C13H7Br2NO4. The maximum absolute atomic E-state index is 11.0. The summed E-state index contributed by atoms with van der Waals surface area (Å²) in [4.78, 5) is 21.2. The van der Waals surface area contributed by atoms with Crippen molar-refractivity contribution in [1.82, 2.24) is 0 Å². The van der Waals surface area contributed by atoms with Gasteiger partial charge in [0.05, 0.1) is 9.40 Å². The molecular weight excluding hydrogens is 394 g/mol. The summed E-state index contributed by atoms with van der Waals surface area (Å²) in [7, 11) is 0. The smallest absolute Gasteiger partial charge is 0.312 e. The zero-order valence-corrected chi connectivity index (χ0v) is 13.0. The number of aldehydes is 1. The minimum atomic E-state index is -0.519. The van der Waals surface area contributed by atoms with E-state index in [9.17, 15) is 14.9 Å². The maximum atomic E-state index is 11.0. The van der Waals surface area contributed by atoms with Crippen LogP contribution >= 0.6 is 31.9 Å². The van der Waals surface area contributed by atoms with Crippen LogP contribution in [0.2, 0.25) is 0 Å². The molecule has 2 aromatic carbocycles. The Labute approximate surface area is 131 Å². The lowest BCUT2D eigenvalue weighted by molar-refractivity contribution is -0.385. The molecule has 0 fully saturated rings. The van der Waals surface area contributed by atoms with Gasteiger partial charge >= 0.3 is 5.69 Å². The van der Waals surface area contributed by atoms with Gasteiger partial charge in [0, 0.05) is 16.1 Å². The standard InChI is InChI=1S/C13H7Br2NO4/c14-10-2-1-3-12(16(18)19)13(10)20-9-5-4-8(7-17)11(15)6-9/h1-7H. The van der Waals surface area contributed by atoms with Gasteiger partial charge < -0.3 is 4.74 Å². The number of hydrogen-bond donors (Lipinski definition) is 0. The average Bonchev–Trinajstić information content (AvgIpc) is 2.41. The molecule has 0 spiro atoms. The molecule has 102 valence electrons. The molecule has 20 heavy (non-hydrogen) atoms. The van der Waals surface area contributed by atoms with Gasteiger partial charge in [-0.3, -0.25) is 14.9 Å². The Kier molecular flexibility index (Phi) is 4.51. The van der Waals surface area contributed by atoms with Crippen LogP contribution in [-0.4, -0.2) is 11.2 Å². The number of nitrogens with zero attached hydrogens (tertiary/aromatic N) is 1. The van der Waals surface area contributed by atoms with E-state index in [1.54, 1.807) is 30.3 Å². The van der Waals surface area contributed by atoms with Crippen molar-refractivity contribution in [3.8, 4) is 11.5 Å². The van der Waals surface area contributed by atoms with E-state index in [1.165, 1.54) is 6.07 Å². The van der Waals surface area contributed by atoms with Crippen LogP contribution in [0.5, 0.6) is 11.5 Å². The number of benzene rings is 2. The van der Waals surface area contributed by atoms with E-state index in [0.717, 1.165) is 0 Å². The summed E-state index contributed by atoms with van der Waals surface area (Å²) in [6, 6.07) is 9.27. The highest BCUT2D eigenvalue weighted by molar-refractivity contribution is 9.10. The summed E-state index contributed by atoms with van der Waals surface area (Å²) in [5.74, 6) is 0.501. The summed E-state index contributed by atoms with van der Waals surface area (Å²) in [5.41, 5.74) is 0.328. The Morgan fingerprint density at radius 1 is 1.15 bits per heavy atom. The predicted octanol–water partition coefficient (Wildman–Crippen LogP) is 4.72. The van der Waals surface area contributed by atoms with E-state index in [-0.39, 0.29) is 11.4 Å². The van der Waals surface area contributed by atoms with Gasteiger partial charge in [-0.05, 0) is 56.1 Å². The van der Waals surface area contributed by atoms with E-state index in [4.69, 9.17) is 4.74 Å². The van der Waals surface area contributed by atoms with Crippen LogP contribution in [0.15, 0.2) is 45.3 Å². The molecule has 0 bridgehead atoms. The number of nitro benzene ring substituents is 1. The van der Waals surface area contributed by atoms with E-state index in [2.05, 4.69) is 31.9 Å². The second-order valence-electron chi connectivity index (χ2n) is 3.75. The molecule has 2 aromatic rings. The number of para-hydroxylation sites is 1. The summed E-state index contributed by atoms with van der Waals surface area (Å²) >= 11 is 6.45. The number of carbonyl (C=O) groups excluding carboxylic acids is 1. The van der Waals surface area contributed by atoms with Crippen LogP contribution in [0.25, 0.3) is 0 Å². The van der Waals surface area contributed by atoms with Crippen molar-refractivity contribution in [2.24, 2.45) is 0 Å². The third kappa shape index (κ3) is 3.05. The van der Waals surface area contributed by atoms with Crippen LogP contribution in [0, 0.1) is 10.1 Å². The van der Waals surface area contributed by atoms with Gasteiger partial charge in [0.1, 0.15) is 5.75 Å². The molecule has 0 aromatic heterocycles. The first-order valence-electron chi connectivity index (χ1n) is 5.38. The lowest BCUT2D eigenvalue weighted by Gasteiger charge is -2.09. The van der Waals surface area contributed by atoms with Gasteiger partial charge in [0.2, 0.25) is 5.75 Å². The Morgan fingerprint density at radius 2 is 1.90 bits per heavy atom. The molecule has 0 radical (unpaired) electrons. The fourth-order valence-corrected chi connectivity index (χ4v) is 2.41. The molecule has 0 aliphatic carbocycles. The maximum Gasteiger partial charge on any atom is 0.312 e. The first kappa shape index (κ1) is 14.7. The molecule has 0 aliphatic rings. The predicted molar refractivity (Wildman–Crippen MR) is 80.4 cm³/mol. The van der Waals surface area contributed by atoms with Crippen LogP contribution in [0.4, 0.5) is 5.69 Å². The van der Waals surface area contributed by atoms with Crippen molar-refractivity contribution < 1.29 is 14.5 Å².